The number of hydrogen-bond donors (Lipinski definition) is 0. The molecule has 0 aromatic heterocycles. The van der Waals surface area contributed by atoms with Gasteiger partial charge in [-0.25, -0.2) is 0 Å². The Kier molecular flexibility index (Phi) is 7.56. The minimum absolute atomic E-state index is 0.0398. The van der Waals surface area contributed by atoms with Gasteiger partial charge in [0.25, 0.3) is 5.91 Å². The molecule has 0 bridgehead atoms. The molecule has 0 N–H and O–H groups in total. The summed E-state index contributed by atoms with van der Waals surface area (Å²) < 4.78 is 11.6. The number of amides is 2. The number of nitrogens with zero attached hydrogens (tertiary/aromatic N) is 2. The van der Waals surface area contributed by atoms with Crippen molar-refractivity contribution >= 4 is 23.4 Å². The molecule has 6 nitrogen and oxygen atoms in total. The lowest BCUT2D eigenvalue weighted by Crippen LogP contribution is -2.49. The average molecular weight is 471 g/mol. The number of carbonyl (C=O) groups excluding carboxylic acids is 2. The number of likely N-dealkylation sites (tertiary alicyclic amines) is 1. The zero-order valence-corrected chi connectivity index (χ0v) is 19.9. The Bertz CT molecular complexity index is 968. The predicted octanol–water partition coefficient (Wildman–Crippen LogP) is 4.20. The first-order valence-electron chi connectivity index (χ1n) is 11.5. The second-order valence-corrected chi connectivity index (χ2v) is 9.44. The molecule has 2 aromatic carbocycles. The van der Waals surface area contributed by atoms with Crippen LogP contribution < -0.4 is 4.74 Å². The van der Waals surface area contributed by atoms with E-state index in [0.29, 0.717) is 75.8 Å². The number of hydrogen-bond acceptors (Lipinski definition) is 4. The smallest absolute Gasteiger partial charge is 0.253 e. The molecular formula is C26H31ClN2O4. The Morgan fingerprint density at radius 2 is 1.70 bits per heavy atom. The van der Waals surface area contributed by atoms with E-state index in [1.807, 2.05) is 65.3 Å². The molecule has 2 fully saturated rings. The number of morpholine rings is 1. The number of rotatable bonds is 6. The fourth-order valence-corrected chi connectivity index (χ4v) is 4.63. The predicted molar refractivity (Wildman–Crippen MR) is 128 cm³/mol. The van der Waals surface area contributed by atoms with Crippen molar-refractivity contribution in [3.05, 3.63) is 64.7 Å². The van der Waals surface area contributed by atoms with Gasteiger partial charge in [0.2, 0.25) is 5.91 Å². The summed E-state index contributed by atoms with van der Waals surface area (Å²) in [5.41, 5.74) is 1.33. The quantitative estimate of drug-likeness (QED) is 0.635. The van der Waals surface area contributed by atoms with Crippen LogP contribution in [0.3, 0.4) is 0 Å². The third-order valence-electron chi connectivity index (χ3n) is 6.70. The van der Waals surface area contributed by atoms with Gasteiger partial charge in [0.1, 0.15) is 5.75 Å². The van der Waals surface area contributed by atoms with Crippen molar-refractivity contribution < 1.29 is 19.1 Å². The van der Waals surface area contributed by atoms with Gasteiger partial charge in [0.15, 0.2) is 0 Å². The van der Waals surface area contributed by atoms with Crippen LogP contribution in [0.1, 0.15) is 35.2 Å². The highest BCUT2D eigenvalue weighted by molar-refractivity contribution is 6.31. The Labute approximate surface area is 200 Å². The number of carbonyl (C=O) groups is 2. The Morgan fingerprint density at radius 3 is 2.36 bits per heavy atom. The van der Waals surface area contributed by atoms with Crippen LogP contribution in [0.5, 0.6) is 5.75 Å². The van der Waals surface area contributed by atoms with Gasteiger partial charge in [0.05, 0.1) is 19.8 Å². The molecule has 2 saturated heterocycles. The first-order chi connectivity index (χ1) is 16.0. The lowest BCUT2D eigenvalue weighted by Gasteiger charge is -2.42. The van der Waals surface area contributed by atoms with E-state index in [9.17, 15) is 9.59 Å². The molecule has 7 heteroatoms. The van der Waals surface area contributed by atoms with E-state index in [1.165, 1.54) is 0 Å². The normalized spacial score (nSPS) is 18.1. The van der Waals surface area contributed by atoms with E-state index in [2.05, 4.69) is 0 Å². The molecule has 0 spiro atoms. The molecule has 4 rings (SSSR count). The van der Waals surface area contributed by atoms with E-state index < -0.39 is 0 Å². The lowest BCUT2D eigenvalue weighted by atomic mass is 9.75. The zero-order valence-electron chi connectivity index (χ0n) is 19.1. The maximum absolute atomic E-state index is 13.1. The van der Waals surface area contributed by atoms with E-state index in [1.54, 1.807) is 0 Å². The molecule has 33 heavy (non-hydrogen) atoms. The maximum Gasteiger partial charge on any atom is 0.253 e. The molecule has 2 amide bonds. The Hall–Kier alpha value is -2.57. The summed E-state index contributed by atoms with van der Waals surface area (Å²) in [4.78, 5) is 29.8. The summed E-state index contributed by atoms with van der Waals surface area (Å²) in [5.74, 6) is 0.924. The summed E-state index contributed by atoms with van der Waals surface area (Å²) in [7, 11) is 0. The highest BCUT2D eigenvalue weighted by Gasteiger charge is 2.40. The van der Waals surface area contributed by atoms with Crippen LogP contribution in [-0.4, -0.2) is 67.6 Å². The van der Waals surface area contributed by atoms with Crippen molar-refractivity contribution in [2.45, 2.75) is 26.2 Å². The van der Waals surface area contributed by atoms with Gasteiger partial charge < -0.3 is 19.3 Å². The van der Waals surface area contributed by atoms with Crippen molar-refractivity contribution in [2.24, 2.45) is 5.41 Å². The molecule has 0 atom stereocenters. The van der Waals surface area contributed by atoms with Crippen LogP contribution in [0, 0.1) is 12.3 Å². The van der Waals surface area contributed by atoms with Gasteiger partial charge in [-0.1, -0.05) is 29.8 Å². The first kappa shape index (κ1) is 23.6. The molecule has 2 aromatic rings. The van der Waals surface area contributed by atoms with Crippen molar-refractivity contribution in [1.29, 1.82) is 0 Å². The summed E-state index contributed by atoms with van der Waals surface area (Å²) in [5, 5.41) is 0.701. The summed E-state index contributed by atoms with van der Waals surface area (Å²) in [6, 6.07) is 15.0. The fraction of sp³-hybridized carbons (Fsp3) is 0.462. The van der Waals surface area contributed by atoms with Crippen LogP contribution in [-0.2, 0) is 9.53 Å². The van der Waals surface area contributed by atoms with E-state index in [0.717, 1.165) is 11.3 Å². The third-order valence-corrected chi connectivity index (χ3v) is 7.12. The molecule has 0 radical (unpaired) electrons. The van der Waals surface area contributed by atoms with E-state index in [4.69, 9.17) is 21.1 Å². The topological polar surface area (TPSA) is 59.1 Å². The molecule has 0 saturated carbocycles. The maximum atomic E-state index is 13.1. The average Bonchev–Trinajstić information content (AvgIpc) is 2.86. The van der Waals surface area contributed by atoms with Crippen LogP contribution in [0.25, 0.3) is 0 Å². The SMILES string of the molecule is Cc1cc(OCC2(CC(=O)N3CCOCC3)CCN(C(=O)c3ccccc3)CC2)ccc1Cl. The van der Waals surface area contributed by atoms with Gasteiger partial charge in [0, 0.05) is 48.6 Å². The van der Waals surface area contributed by atoms with Crippen LogP contribution >= 0.6 is 11.6 Å². The van der Waals surface area contributed by atoms with Crippen molar-refractivity contribution in [3.8, 4) is 5.75 Å². The second-order valence-electron chi connectivity index (χ2n) is 9.03. The number of halogens is 1. The van der Waals surface area contributed by atoms with Crippen molar-refractivity contribution in [3.63, 3.8) is 0 Å². The second kappa shape index (κ2) is 10.6. The molecule has 2 heterocycles. The zero-order chi connectivity index (χ0) is 23.3. The Morgan fingerprint density at radius 1 is 1.00 bits per heavy atom. The van der Waals surface area contributed by atoms with Crippen LogP contribution in [0.15, 0.2) is 48.5 Å². The first-order valence-corrected chi connectivity index (χ1v) is 11.9. The Balaban J connectivity index is 1.46. The molecule has 2 aliphatic rings. The van der Waals surface area contributed by atoms with E-state index >= 15 is 0 Å². The molecule has 0 unspecified atom stereocenters. The van der Waals surface area contributed by atoms with Gasteiger partial charge >= 0.3 is 0 Å². The number of ether oxygens (including phenoxy) is 2. The third kappa shape index (κ3) is 5.87. The standard InChI is InChI=1S/C26H31ClN2O4/c1-20-17-22(7-8-23(20)27)33-19-26(18-24(30)28-13-15-32-16-14-28)9-11-29(12-10-26)25(31)21-5-3-2-4-6-21/h2-8,17H,9-16,18-19H2,1H3. The van der Waals surface area contributed by atoms with E-state index in [-0.39, 0.29) is 17.2 Å². The minimum atomic E-state index is -0.323. The van der Waals surface area contributed by atoms with Crippen molar-refractivity contribution in [2.75, 3.05) is 46.0 Å². The van der Waals surface area contributed by atoms with Crippen LogP contribution in [0.2, 0.25) is 5.02 Å². The molecular weight excluding hydrogens is 440 g/mol. The lowest BCUT2D eigenvalue weighted by molar-refractivity contribution is -0.139. The summed E-state index contributed by atoms with van der Waals surface area (Å²) >= 11 is 6.15. The van der Waals surface area contributed by atoms with Gasteiger partial charge in [-0.05, 0) is 55.7 Å². The van der Waals surface area contributed by atoms with Gasteiger partial charge in [-0.3, -0.25) is 9.59 Å². The summed E-state index contributed by atoms with van der Waals surface area (Å²) in [6.07, 6.45) is 1.84. The highest BCUT2D eigenvalue weighted by atomic mass is 35.5. The number of benzene rings is 2. The molecule has 0 aliphatic carbocycles. The largest absolute Gasteiger partial charge is 0.493 e. The summed E-state index contributed by atoms with van der Waals surface area (Å²) in [6.45, 7) is 6.01. The molecule has 2 aliphatic heterocycles. The number of piperidine rings is 1. The minimum Gasteiger partial charge on any atom is -0.493 e. The number of aryl methyl sites for hydroxylation is 1. The monoisotopic (exact) mass is 470 g/mol. The van der Waals surface area contributed by atoms with Gasteiger partial charge in [-0.15, -0.1) is 0 Å². The van der Waals surface area contributed by atoms with Crippen LogP contribution in [0.4, 0.5) is 0 Å². The van der Waals surface area contributed by atoms with Gasteiger partial charge in [-0.2, -0.15) is 0 Å². The highest BCUT2D eigenvalue weighted by Crippen LogP contribution is 2.37. The molecule has 176 valence electrons. The van der Waals surface area contributed by atoms with Crippen molar-refractivity contribution in [1.82, 2.24) is 9.80 Å². The fourth-order valence-electron chi connectivity index (χ4n) is 4.51.